The fourth-order valence-electron chi connectivity index (χ4n) is 3.67. The predicted octanol–water partition coefficient (Wildman–Crippen LogP) is 4.09. The van der Waals surface area contributed by atoms with Crippen molar-refractivity contribution in [1.29, 1.82) is 0 Å². The van der Waals surface area contributed by atoms with Crippen molar-refractivity contribution in [2.45, 2.75) is 32.1 Å². The topological polar surface area (TPSA) is 46.3 Å². The number of piperidine rings is 1. The number of rotatable bonds is 8. The van der Waals surface area contributed by atoms with Crippen LogP contribution in [0.15, 0.2) is 42.5 Å². The summed E-state index contributed by atoms with van der Waals surface area (Å²) in [5.41, 5.74) is 6.68. The molecule has 140 valence electrons. The molecule has 1 saturated heterocycles. The maximum Gasteiger partial charge on any atom is 0.227 e. The molecule has 0 saturated carbocycles. The molecule has 1 aliphatic heterocycles. The number of hydrogen-bond donors (Lipinski definition) is 1. The van der Waals surface area contributed by atoms with Crippen LogP contribution < -0.4 is 5.73 Å². The molecule has 0 aliphatic carbocycles. The van der Waals surface area contributed by atoms with E-state index >= 15 is 0 Å². The van der Waals surface area contributed by atoms with Crippen LogP contribution in [0.2, 0.25) is 0 Å². The first-order valence-corrected chi connectivity index (χ1v) is 11.0. The Morgan fingerprint density at radius 1 is 1.08 bits per heavy atom. The second-order valence-corrected chi connectivity index (χ2v) is 8.36. The minimum absolute atomic E-state index is 0.274. The van der Waals surface area contributed by atoms with Gasteiger partial charge in [0, 0.05) is 13.1 Å². The van der Waals surface area contributed by atoms with Gasteiger partial charge in [-0.25, -0.2) is 0 Å². The number of hydrogen-bond acceptors (Lipinski definition) is 3. The van der Waals surface area contributed by atoms with Crippen molar-refractivity contribution >= 4 is 28.4 Å². The lowest BCUT2D eigenvalue weighted by atomic mass is 9.97. The summed E-state index contributed by atoms with van der Waals surface area (Å²) in [5.74, 6) is 3.49. The van der Waals surface area contributed by atoms with Gasteiger partial charge in [0.1, 0.15) is 0 Å². The molecule has 0 atom stereocenters. The zero-order valence-electron chi connectivity index (χ0n) is 15.5. The van der Waals surface area contributed by atoms with Crippen molar-refractivity contribution in [3.05, 3.63) is 48.0 Å². The Kier molecular flexibility index (Phi) is 7.39. The van der Waals surface area contributed by atoms with Crippen LogP contribution in [0.25, 0.3) is 10.8 Å². The number of nitrogens with zero attached hydrogens (tertiary/aromatic N) is 1. The van der Waals surface area contributed by atoms with Gasteiger partial charge in [-0.2, -0.15) is 11.8 Å². The highest BCUT2D eigenvalue weighted by Crippen LogP contribution is 2.24. The molecule has 3 nitrogen and oxygen atoms in total. The SMILES string of the molecule is NCCCCSCC1CCN(C(=O)Cc2cccc3ccccc23)CC1. The Bertz CT molecular complexity index is 705. The third-order valence-electron chi connectivity index (χ3n) is 5.29. The highest BCUT2D eigenvalue weighted by atomic mass is 32.2. The molecule has 3 rings (SSSR count). The van der Waals surface area contributed by atoms with E-state index in [1.807, 2.05) is 12.1 Å². The van der Waals surface area contributed by atoms with Crippen molar-refractivity contribution < 1.29 is 4.79 Å². The molecule has 0 spiro atoms. The molecule has 0 aromatic heterocycles. The van der Waals surface area contributed by atoms with Crippen LogP contribution in [0.5, 0.6) is 0 Å². The Labute approximate surface area is 161 Å². The van der Waals surface area contributed by atoms with Gasteiger partial charge in [0.05, 0.1) is 6.42 Å². The second-order valence-electron chi connectivity index (χ2n) is 7.21. The zero-order chi connectivity index (χ0) is 18.2. The number of nitrogens with two attached hydrogens (primary N) is 1. The minimum atomic E-state index is 0.274. The van der Waals surface area contributed by atoms with Crippen LogP contribution >= 0.6 is 11.8 Å². The van der Waals surface area contributed by atoms with E-state index < -0.39 is 0 Å². The molecule has 1 aliphatic rings. The average molecular weight is 371 g/mol. The molecular formula is C22H30N2OS. The average Bonchev–Trinajstić information content (AvgIpc) is 2.68. The summed E-state index contributed by atoms with van der Waals surface area (Å²) in [6, 6.07) is 14.6. The Morgan fingerprint density at radius 2 is 1.85 bits per heavy atom. The van der Waals surface area contributed by atoms with E-state index in [2.05, 4.69) is 47.0 Å². The highest BCUT2D eigenvalue weighted by molar-refractivity contribution is 7.99. The van der Waals surface area contributed by atoms with E-state index in [4.69, 9.17) is 5.73 Å². The van der Waals surface area contributed by atoms with E-state index in [9.17, 15) is 4.79 Å². The summed E-state index contributed by atoms with van der Waals surface area (Å²) in [7, 11) is 0. The van der Waals surface area contributed by atoms with Gasteiger partial charge in [0.15, 0.2) is 0 Å². The van der Waals surface area contributed by atoms with Crippen LogP contribution in [0.4, 0.5) is 0 Å². The second kappa shape index (κ2) is 9.98. The summed E-state index contributed by atoms with van der Waals surface area (Å²) >= 11 is 2.05. The number of carbonyl (C=O) groups excluding carboxylic acids is 1. The summed E-state index contributed by atoms with van der Waals surface area (Å²) < 4.78 is 0. The molecule has 1 fully saturated rings. The van der Waals surface area contributed by atoms with Gasteiger partial charge in [-0.1, -0.05) is 42.5 Å². The summed E-state index contributed by atoms with van der Waals surface area (Å²) in [6.07, 6.45) is 5.16. The van der Waals surface area contributed by atoms with E-state index in [-0.39, 0.29) is 5.91 Å². The van der Waals surface area contributed by atoms with Crippen molar-refractivity contribution in [2.24, 2.45) is 11.7 Å². The fourth-order valence-corrected chi connectivity index (χ4v) is 4.91. The number of benzene rings is 2. The maximum absolute atomic E-state index is 12.8. The minimum Gasteiger partial charge on any atom is -0.342 e. The summed E-state index contributed by atoms with van der Waals surface area (Å²) in [6.45, 7) is 2.63. The van der Waals surface area contributed by atoms with Crippen molar-refractivity contribution in [1.82, 2.24) is 4.90 Å². The van der Waals surface area contributed by atoms with E-state index in [1.54, 1.807) is 0 Å². The third-order valence-corrected chi connectivity index (χ3v) is 6.57. The number of likely N-dealkylation sites (tertiary alicyclic amines) is 1. The molecule has 1 amide bonds. The van der Waals surface area contributed by atoms with E-state index in [1.165, 1.54) is 28.7 Å². The quantitative estimate of drug-likeness (QED) is 0.712. The molecule has 26 heavy (non-hydrogen) atoms. The number of unbranched alkanes of at least 4 members (excludes halogenated alkanes) is 1. The number of carbonyl (C=O) groups is 1. The van der Waals surface area contributed by atoms with Gasteiger partial charge >= 0.3 is 0 Å². The highest BCUT2D eigenvalue weighted by Gasteiger charge is 2.23. The van der Waals surface area contributed by atoms with Crippen LogP contribution in [0.3, 0.4) is 0 Å². The molecular weight excluding hydrogens is 340 g/mol. The standard InChI is InChI=1S/C22H30N2OS/c23-12-3-4-15-26-17-18-10-13-24(14-11-18)22(25)16-20-8-5-7-19-6-1-2-9-21(19)20/h1-2,5-9,18H,3-4,10-17,23H2. The molecule has 0 bridgehead atoms. The first-order valence-electron chi connectivity index (χ1n) is 9.80. The first-order chi connectivity index (χ1) is 12.8. The zero-order valence-corrected chi connectivity index (χ0v) is 16.3. The largest absolute Gasteiger partial charge is 0.342 e. The van der Waals surface area contributed by atoms with Gasteiger partial charge < -0.3 is 10.6 Å². The van der Waals surface area contributed by atoms with Gasteiger partial charge in [-0.15, -0.1) is 0 Å². The lowest BCUT2D eigenvalue weighted by Gasteiger charge is -2.32. The Hall–Kier alpha value is -1.52. The van der Waals surface area contributed by atoms with E-state index in [0.717, 1.165) is 50.4 Å². The number of thioether (sulfide) groups is 1. The van der Waals surface area contributed by atoms with Crippen molar-refractivity contribution in [2.75, 3.05) is 31.1 Å². The monoisotopic (exact) mass is 370 g/mol. The molecule has 2 aromatic carbocycles. The predicted molar refractivity (Wildman–Crippen MR) is 113 cm³/mol. The molecule has 0 unspecified atom stereocenters. The smallest absolute Gasteiger partial charge is 0.227 e. The third kappa shape index (κ3) is 5.24. The van der Waals surface area contributed by atoms with Crippen LogP contribution in [-0.4, -0.2) is 41.9 Å². The normalized spacial score (nSPS) is 15.5. The molecule has 0 radical (unpaired) electrons. The van der Waals surface area contributed by atoms with Crippen molar-refractivity contribution in [3.63, 3.8) is 0 Å². The fraction of sp³-hybridized carbons (Fsp3) is 0.500. The van der Waals surface area contributed by atoms with Crippen LogP contribution in [0.1, 0.15) is 31.2 Å². The van der Waals surface area contributed by atoms with Crippen LogP contribution in [-0.2, 0) is 11.2 Å². The Morgan fingerprint density at radius 3 is 2.65 bits per heavy atom. The lowest BCUT2D eigenvalue weighted by molar-refractivity contribution is -0.131. The van der Waals surface area contributed by atoms with Gasteiger partial charge in [0.25, 0.3) is 0 Å². The summed E-state index contributed by atoms with van der Waals surface area (Å²) in [4.78, 5) is 14.8. The first kappa shape index (κ1) is 19.2. The lowest BCUT2D eigenvalue weighted by Crippen LogP contribution is -2.39. The molecule has 2 aromatic rings. The van der Waals surface area contributed by atoms with Gasteiger partial charge in [0.2, 0.25) is 5.91 Å². The Balaban J connectivity index is 1.46. The number of fused-ring (bicyclic) bond motifs is 1. The van der Waals surface area contributed by atoms with Gasteiger partial charge in [-0.3, -0.25) is 4.79 Å². The van der Waals surface area contributed by atoms with Crippen molar-refractivity contribution in [3.8, 4) is 0 Å². The number of amides is 1. The summed E-state index contributed by atoms with van der Waals surface area (Å²) in [5, 5.41) is 2.41. The van der Waals surface area contributed by atoms with E-state index in [0.29, 0.717) is 6.42 Å². The molecule has 1 heterocycles. The molecule has 4 heteroatoms. The molecule has 2 N–H and O–H groups in total. The van der Waals surface area contributed by atoms with Crippen LogP contribution in [0, 0.1) is 5.92 Å². The maximum atomic E-state index is 12.8. The van der Waals surface area contributed by atoms with Gasteiger partial charge in [-0.05, 0) is 66.0 Å².